The number of imidazole rings is 1. The molecule has 0 aromatic carbocycles. The molecule has 0 fully saturated rings. The molecule has 1 rings (SSSR count). The SMILES string of the molecule is BrCCn1c(Br)nc(Br)c1Br. The summed E-state index contributed by atoms with van der Waals surface area (Å²) in [5.74, 6) is 0. The van der Waals surface area contributed by atoms with Crippen LogP contribution in [0.25, 0.3) is 0 Å². The van der Waals surface area contributed by atoms with E-state index in [2.05, 4.69) is 68.7 Å². The Hall–Kier alpha value is 1.13. The minimum absolute atomic E-state index is 0.824. The highest BCUT2D eigenvalue weighted by atomic mass is 79.9. The monoisotopic (exact) mass is 408 g/mol. The van der Waals surface area contributed by atoms with Crippen molar-refractivity contribution < 1.29 is 0 Å². The smallest absolute Gasteiger partial charge is 0.179 e. The highest BCUT2D eigenvalue weighted by Crippen LogP contribution is 2.26. The maximum Gasteiger partial charge on any atom is 0.179 e. The van der Waals surface area contributed by atoms with Gasteiger partial charge >= 0.3 is 0 Å². The molecule has 0 atom stereocenters. The van der Waals surface area contributed by atoms with Crippen LogP contribution < -0.4 is 0 Å². The Morgan fingerprint density at radius 2 is 1.91 bits per heavy atom. The van der Waals surface area contributed by atoms with Crippen LogP contribution in [0.1, 0.15) is 0 Å². The van der Waals surface area contributed by atoms with Gasteiger partial charge < -0.3 is 4.57 Å². The lowest BCUT2D eigenvalue weighted by atomic mass is 10.7. The lowest BCUT2D eigenvalue weighted by molar-refractivity contribution is 0.737. The third-order valence-electron chi connectivity index (χ3n) is 1.13. The predicted octanol–water partition coefficient (Wildman–Crippen LogP) is 3.57. The van der Waals surface area contributed by atoms with Crippen molar-refractivity contribution in [3.63, 3.8) is 0 Å². The fraction of sp³-hybridized carbons (Fsp3) is 0.400. The fourth-order valence-electron chi connectivity index (χ4n) is 0.655. The Kier molecular flexibility index (Phi) is 4.08. The van der Waals surface area contributed by atoms with Gasteiger partial charge in [0.2, 0.25) is 0 Å². The molecule has 0 saturated carbocycles. The number of halogens is 4. The molecule has 0 spiro atoms. The molecule has 0 N–H and O–H groups in total. The minimum atomic E-state index is 0.824. The molecular formula is C5H4Br4N2. The standard InChI is InChI=1S/C5H4Br4N2/c6-1-2-11-4(8)3(7)10-5(11)9/h1-2H2. The summed E-state index contributed by atoms with van der Waals surface area (Å²) < 4.78 is 4.63. The van der Waals surface area contributed by atoms with E-state index in [9.17, 15) is 0 Å². The van der Waals surface area contributed by atoms with Gasteiger partial charge in [0.15, 0.2) is 4.73 Å². The molecule has 1 aromatic heterocycles. The Bertz CT molecular complexity index is 257. The van der Waals surface area contributed by atoms with E-state index in [1.807, 2.05) is 4.57 Å². The van der Waals surface area contributed by atoms with E-state index in [0.717, 1.165) is 25.8 Å². The second-order valence-corrected chi connectivity index (χ2v) is 4.81. The van der Waals surface area contributed by atoms with E-state index in [1.54, 1.807) is 0 Å². The van der Waals surface area contributed by atoms with Gasteiger partial charge in [-0.1, -0.05) is 15.9 Å². The van der Waals surface area contributed by atoms with Crippen molar-refractivity contribution in [3.8, 4) is 0 Å². The molecule has 62 valence electrons. The van der Waals surface area contributed by atoms with Crippen LogP contribution in [0.15, 0.2) is 13.9 Å². The van der Waals surface area contributed by atoms with Crippen LogP contribution in [0, 0.1) is 0 Å². The molecule has 2 nitrogen and oxygen atoms in total. The highest BCUT2D eigenvalue weighted by Gasteiger charge is 2.09. The normalized spacial score (nSPS) is 10.5. The lowest BCUT2D eigenvalue weighted by Gasteiger charge is -2.00. The summed E-state index contributed by atoms with van der Waals surface area (Å²) in [5.41, 5.74) is 0. The fourth-order valence-corrected chi connectivity index (χ4v) is 2.83. The average molecular weight is 412 g/mol. The number of hydrogen-bond donors (Lipinski definition) is 0. The van der Waals surface area contributed by atoms with E-state index >= 15 is 0 Å². The van der Waals surface area contributed by atoms with E-state index in [0.29, 0.717) is 0 Å². The van der Waals surface area contributed by atoms with Crippen molar-refractivity contribution >= 4 is 63.7 Å². The molecule has 1 aromatic rings. The second-order valence-electron chi connectivity index (χ2n) is 1.80. The molecule has 11 heavy (non-hydrogen) atoms. The first kappa shape index (κ1) is 10.2. The van der Waals surface area contributed by atoms with E-state index in [-0.39, 0.29) is 0 Å². The van der Waals surface area contributed by atoms with Crippen LogP contribution in [0.3, 0.4) is 0 Å². The summed E-state index contributed by atoms with van der Waals surface area (Å²) in [4.78, 5) is 4.16. The van der Waals surface area contributed by atoms with E-state index in [1.165, 1.54) is 0 Å². The summed E-state index contributed by atoms with van der Waals surface area (Å²) in [6.45, 7) is 0.889. The molecule has 0 radical (unpaired) electrons. The molecule has 0 aliphatic carbocycles. The van der Waals surface area contributed by atoms with Gasteiger partial charge in [0.25, 0.3) is 0 Å². The summed E-state index contributed by atoms with van der Waals surface area (Å²) in [7, 11) is 0. The third-order valence-corrected chi connectivity index (χ3v) is 3.98. The summed E-state index contributed by atoms with van der Waals surface area (Å²) >= 11 is 13.4. The van der Waals surface area contributed by atoms with Crippen LogP contribution in [0.4, 0.5) is 0 Å². The highest BCUT2D eigenvalue weighted by molar-refractivity contribution is 9.13. The average Bonchev–Trinajstić information content (AvgIpc) is 2.17. The first-order chi connectivity index (χ1) is 5.16. The third kappa shape index (κ3) is 2.29. The van der Waals surface area contributed by atoms with E-state index < -0.39 is 0 Å². The second kappa shape index (κ2) is 4.39. The van der Waals surface area contributed by atoms with Gasteiger partial charge in [-0.05, 0) is 47.8 Å². The Morgan fingerprint density at radius 3 is 2.27 bits per heavy atom. The van der Waals surface area contributed by atoms with Crippen LogP contribution in [-0.4, -0.2) is 14.9 Å². The van der Waals surface area contributed by atoms with Gasteiger partial charge in [0.1, 0.15) is 9.21 Å². The molecule has 1 heterocycles. The van der Waals surface area contributed by atoms with Crippen LogP contribution in [0.2, 0.25) is 0 Å². The number of alkyl halides is 1. The van der Waals surface area contributed by atoms with Crippen molar-refractivity contribution in [3.05, 3.63) is 13.9 Å². The molecular weight excluding hydrogens is 408 g/mol. The topological polar surface area (TPSA) is 17.8 Å². The molecule has 0 aliphatic rings. The summed E-state index contributed by atoms with van der Waals surface area (Å²) in [6.07, 6.45) is 0. The van der Waals surface area contributed by atoms with Crippen LogP contribution >= 0.6 is 63.7 Å². The zero-order valence-electron chi connectivity index (χ0n) is 5.32. The lowest BCUT2D eigenvalue weighted by Crippen LogP contribution is -1.98. The maximum absolute atomic E-state index is 4.16. The summed E-state index contributed by atoms with van der Waals surface area (Å²) in [6, 6.07) is 0. The summed E-state index contributed by atoms with van der Waals surface area (Å²) in [5, 5.41) is 0.910. The first-order valence-electron chi connectivity index (χ1n) is 2.79. The predicted molar refractivity (Wildman–Crippen MR) is 59.1 cm³/mol. The number of hydrogen-bond acceptors (Lipinski definition) is 1. The zero-order valence-corrected chi connectivity index (χ0v) is 11.7. The van der Waals surface area contributed by atoms with Gasteiger partial charge in [-0.3, -0.25) is 0 Å². The molecule has 0 bridgehead atoms. The Balaban J connectivity index is 3.02. The maximum atomic E-state index is 4.16. The van der Waals surface area contributed by atoms with Crippen LogP contribution in [0.5, 0.6) is 0 Å². The molecule has 0 amide bonds. The number of nitrogens with zero attached hydrogens (tertiary/aromatic N) is 2. The van der Waals surface area contributed by atoms with Gasteiger partial charge in [0.05, 0.1) is 0 Å². The minimum Gasteiger partial charge on any atom is -0.311 e. The van der Waals surface area contributed by atoms with Crippen molar-refractivity contribution in [1.82, 2.24) is 9.55 Å². The van der Waals surface area contributed by atoms with Gasteiger partial charge in [0, 0.05) is 11.9 Å². The zero-order chi connectivity index (χ0) is 8.43. The molecule has 0 saturated heterocycles. The Morgan fingerprint density at radius 1 is 1.27 bits per heavy atom. The van der Waals surface area contributed by atoms with Gasteiger partial charge in [-0.2, -0.15) is 0 Å². The Labute approximate surface area is 98.3 Å². The molecule has 0 aliphatic heterocycles. The molecule has 0 unspecified atom stereocenters. The number of aromatic nitrogens is 2. The van der Waals surface area contributed by atoms with Crippen molar-refractivity contribution in [2.24, 2.45) is 0 Å². The largest absolute Gasteiger partial charge is 0.311 e. The van der Waals surface area contributed by atoms with Gasteiger partial charge in [-0.25, -0.2) is 4.98 Å². The van der Waals surface area contributed by atoms with Crippen molar-refractivity contribution in [1.29, 1.82) is 0 Å². The van der Waals surface area contributed by atoms with Crippen LogP contribution in [-0.2, 0) is 6.54 Å². The van der Waals surface area contributed by atoms with Gasteiger partial charge in [-0.15, -0.1) is 0 Å². The van der Waals surface area contributed by atoms with E-state index in [4.69, 9.17) is 0 Å². The first-order valence-corrected chi connectivity index (χ1v) is 6.30. The molecule has 6 heteroatoms. The quantitative estimate of drug-likeness (QED) is 0.680. The van der Waals surface area contributed by atoms with Crippen molar-refractivity contribution in [2.75, 3.05) is 5.33 Å². The van der Waals surface area contributed by atoms with Crippen molar-refractivity contribution in [2.45, 2.75) is 6.54 Å². The number of rotatable bonds is 2.